The summed E-state index contributed by atoms with van der Waals surface area (Å²) in [6.45, 7) is 6.45. The molecule has 0 saturated carbocycles. The van der Waals surface area contributed by atoms with Crippen LogP contribution in [0.4, 0.5) is 0 Å². The van der Waals surface area contributed by atoms with Crippen molar-refractivity contribution in [3.63, 3.8) is 0 Å². The summed E-state index contributed by atoms with van der Waals surface area (Å²) in [5.74, 6) is 0. The lowest BCUT2D eigenvalue weighted by atomic mass is 10.6. The molecule has 44 valence electrons. The van der Waals surface area contributed by atoms with Crippen molar-refractivity contribution in [3.05, 3.63) is 0 Å². The van der Waals surface area contributed by atoms with E-state index in [2.05, 4.69) is 25.3 Å². The van der Waals surface area contributed by atoms with E-state index in [9.17, 15) is 0 Å². The van der Waals surface area contributed by atoms with Crippen LogP contribution in [0, 0.1) is 5.18 Å². The van der Waals surface area contributed by atoms with Crippen LogP contribution in [-0.2, 0) is 10.3 Å². The smallest absolute Gasteiger partial charge is 0.0375 e. The standard InChI is InChI=1S/C6H13S/c1-5-7(4)6(2)3/h6H,1-4H3/q-1. The summed E-state index contributed by atoms with van der Waals surface area (Å²) in [4.78, 5) is 0. The lowest BCUT2D eigenvalue weighted by Crippen LogP contribution is -1.98. The Morgan fingerprint density at radius 1 is 1.43 bits per heavy atom. The molecule has 0 N–H and O–H groups in total. The fraction of sp³-hybridized carbons (Fsp3) is 0.833. The molecule has 7 heavy (non-hydrogen) atoms. The summed E-state index contributed by atoms with van der Waals surface area (Å²) < 4.78 is 0. The van der Waals surface area contributed by atoms with Gasteiger partial charge in [0.2, 0.25) is 0 Å². The van der Waals surface area contributed by atoms with Gasteiger partial charge in [-0.05, 0) is 6.92 Å². The predicted octanol–water partition coefficient (Wildman–Crippen LogP) is 1.62. The molecule has 0 aromatic carbocycles. The van der Waals surface area contributed by atoms with Crippen LogP contribution < -0.4 is 0 Å². The zero-order valence-corrected chi connectivity index (χ0v) is 6.30. The summed E-state index contributed by atoms with van der Waals surface area (Å²) in [7, 11) is 0.421. The molecule has 0 bridgehead atoms. The maximum Gasteiger partial charge on any atom is -0.0375 e. The average Bonchev–Trinajstić information content (AvgIpc) is 1.65. The Kier molecular flexibility index (Phi) is 3.23. The van der Waals surface area contributed by atoms with E-state index in [1.165, 1.54) is 0 Å². The number of hydrogen-bond acceptors (Lipinski definition) is 1. The van der Waals surface area contributed by atoms with Crippen LogP contribution in [-0.4, -0.2) is 11.5 Å². The normalized spacial score (nSPS) is 10.0. The second kappa shape index (κ2) is 3.17. The molecule has 1 heteroatoms. The van der Waals surface area contributed by atoms with Crippen molar-refractivity contribution in [2.24, 2.45) is 0 Å². The van der Waals surface area contributed by atoms with Gasteiger partial charge in [0.1, 0.15) is 0 Å². The topological polar surface area (TPSA) is 0 Å². The molecule has 0 aromatic rings. The first kappa shape index (κ1) is 7.13. The fourth-order valence-electron chi connectivity index (χ4n) is 0.236. The van der Waals surface area contributed by atoms with E-state index in [0.717, 1.165) is 5.25 Å². The van der Waals surface area contributed by atoms with E-state index in [1.807, 2.05) is 6.92 Å². The van der Waals surface area contributed by atoms with Crippen molar-refractivity contribution >= 4 is 10.3 Å². The van der Waals surface area contributed by atoms with Crippen molar-refractivity contribution in [3.8, 4) is 5.18 Å². The van der Waals surface area contributed by atoms with Crippen LogP contribution in [0.3, 0.4) is 0 Å². The van der Waals surface area contributed by atoms with Crippen LogP contribution >= 0.6 is 0 Å². The number of hydrogen-bond donors (Lipinski definition) is 0. The highest BCUT2D eigenvalue weighted by molar-refractivity contribution is 7.86. The third kappa shape index (κ3) is 2.78. The van der Waals surface area contributed by atoms with Gasteiger partial charge in [0, 0.05) is 0 Å². The summed E-state index contributed by atoms with van der Waals surface area (Å²) in [6, 6.07) is 0. The molecule has 0 aliphatic rings. The van der Waals surface area contributed by atoms with Crippen molar-refractivity contribution < 1.29 is 0 Å². The van der Waals surface area contributed by atoms with Crippen LogP contribution in [0.25, 0.3) is 0 Å². The van der Waals surface area contributed by atoms with Crippen molar-refractivity contribution in [1.82, 2.24) is 0 Å². The van der Waals surface area contributed by atoms with Gasteiger partial charge in [0.15, 0.2) is 0 Å². The highest BCUT2D eigenvalue weighted by atomic mass is 32.2. The van der Waals surface area contributed by atoms with Gasteiger partial charge < -0.3 is 15.5 Å². The molecule has 0 amide bonds. The summed E-state index contributed by atoms with van der Waals surface area (Å²) >= 11 is 0. The minimum Gasteiger partial charge on any atom is -0.455 e. The van der Waals surface area contributed by atoms with Crippen LogP contribution in [0.1, 0.15) is 20.8 Å². The SMILES string of the molecule is CC#[S-](C)C(C)C. The van der Waals surface area contributed by atoms with Gasteiger partial charge in [0.25, 0.3) is 0 Å². The largest absolute Gasteiger partial charge is 0.455 e. The third-order valence-electron chi connectivity index (χ3n) is 1.03. The fourth-order valence-corrected chi connectivity index (χ4v) is 0.707. The Morgan fingerprint density at radius 3 is 1.86 bits per heavy atom. The zero-order chi connectivity index (χ0) is 5.86. The molecular formula is C6H13S-. The van der Waals surface area contributed by atoms with Gasteiger partial charge in [-0.1, -0.05) is 13.8 Å². The zero-order valence-electron chi connectivity index (χ0n) is 5.49. The van der Waals surface area contributed by atoms with Crippen molar-refractivity contribution in [2.45, 2.75) is 26.0 Å². The molecule has 0 aromatic heterocycles. The monoisotopic (exact) mass is 117 g/mol. The maximum absolute atomic E-state index is 3.19. The highest BCUT2D eigenvalue weighted by Gasteiger charge is 1.71. The molecule has 0 rings (SSSR count). The van der Waals surface area contributed by atoms with Gasteiger partial charge in [0.05, 0.1) is 0 Å². The Bertz CT molecular complexity index is 111. The molecule has 0 saturated heterocycles. The molecule has 0 unspecified atom stereocenters. The first-order valence-electron chi connectivity index (χ1n) is 2.50. The van der Waals surface area contributed by atoms with E-state index >= 15 is 0 Å². The molecular weight excluding hydrogens is 104 g/mol. The quantitative estimate of drug-likeness (QED) is 0.423. The van der Waals surface area contributed by atoms with E-state index in [1.54, 1.807) is 0 Å². The highest BCUT2D eigenvalue weighted by Crippen LogP contribution is 1.86. The Hall–Kier alpha value is 0.130. The first-order valence-corrected chi connectivity index (χ1v) is 4.20. The predicted molar refractivity (Wildman–Crippen MR) is 38.0 cm³/mol. The summed E-state index contributed by atoms with van der Waals surface area (Å²) in [6.07, 6.45) is 2.21. The average molecular weight is 117 g/mol. The van der Waals surface area contributed by atoms with E-state index in [4.69, 9.17) is 0 Å². The lowest BCUT2D eigenvalue weighted by molar-refractivity contribution is 1.11. The molecule has 0 spiro atoms. The van der Waals surface area contributed by atoms with E-state index < -0.39 is 0 Å². The van der Waals surface area contributed by atoms with Crippen molar-refractivity contribution in [2.75, 3.05) is 6.26 Å². The second-order valence-corrected chi connectivity index (χ2v) is 4.28. The molecule has 0 nitrogen and oxygen atoms in total. The molecule has 0 fully saturated rings. The van der Waals surface area contributed by atoms with Gasteiger partial charge in [-0.2, -0.15) is 0 Å². The molecule has 0 heterocycles. The van der Waals surface area contributed by atoms with E-state index in [0.29, 0.717) is 10.3 Å². The molecule has 0 radical (unpaired) electrons. The van der Waals surface area contributed by atoms with Gasteiger partial charge in [-0.25, -0.2) is 0 Å². The van der Waals surface area contributed by atoms with Crippen LogP contribution in [0.15, 0.2) is 0 Å². The third-order valence-corrected chi connectivity index (χ3v) is 3.09. The summed E-state index contributed by atoms with van der Waals surface area (Å²) in [5, 5.41) is 3.97. The Morgan fingerprint density at radius 2 is 1.86 bits per heavy atom. The Labute approximate surface area is 48.5 Å². The van der Waals surface area contributed by atoms with Crippen LogP contribution in [0.5, 0.6) is 0 Å². The lowest BCUT2D eigenvalue weighted by Gasteiger charge is -2.15. The van der Waals surface area contributed by atoms with Gasteiger partial charge in [-0.3, -0.25) is 0 Å². The van der Waals surface area contributed by atoms with E-state index in [-0.39, 0.29) is 0 Å². The van der Waals surface area contributed by atoms with Gasteiger partial charge >= 0.3 is 0 Å². The molecule has 0 aliphatic carbocycles. The van der Waals surface area contributed by atoms with Crippen LogP contribution in [0.2, 0.25) is 0 Å². The molecule has 0 atom stereocenters. The van der Waals surface area contributed by atoms with Gasteiger partial charge in [-0.15, -0.1) is 11.5 Å². The second-order valence-electron chi connectivity index (χ2n) is 1.81. The van der Waals surface area contributed by atoms with Crippen molar-refractivity contribution in [1.29, 1.82) is 0 Å². The first-order chi connectivity index (χ1) is 3.18. The minimum atomic E-state index is 0.421. The maximum atomic E-state index is 3.19. The Balaban J connectivity index is 3.73. The number of rotatable bonds is 0. The minimum absolute atomic E-state index is 0.421. The summed E-state index contributed by atoms with van der Waals surface area (Å²) in [5.41, 5.74) is 0. The molecule has 0 aliphatic heterocycles.